The monoisotopic (exact) mass is 264 g/mol. The summed E-state index contributed by atoms with van der Waals surface area (Å²) in [6, 6.07) is 9.89. The van der Waals surface area contributed by atoms with Crippen molar-refractivity contribution in [1.29, 1.82) is 0 Å². The van der Waals surface area contributed by atoms with Crippen molar-refractivity contribution in [3.8, 4) is 0 Å². The molecule has 0 atom stereocenters. The maximum Gasteiger partial charge on any atom is 0.124 e. The first kappa shape index (κ1) is 12.4. The van der Waals surface area contributed by atoms with Gasteiger partial charge >= 0.3 is 0 Å². The maximum atomic E-state index is 13.1. The molecule has 0 aromatic heterocycles. The molecule has 5 heteroatoms. The van der Waals surface area contributed by atoms with Gasteiger partial charge in [0.05, 0.1) is 0 Å². The summed E-state index contributed by atoms with van der Waals surface area (Å²) in [6.07, 6.45) is 0. The Morgan fingerprint density at radius 1 is 1.00 bits per heavy atom. The van der Waals surface area contributed by atoms with Gasteiger partial charge in [0.15, 0.2) is 0 Å². The van der Waals surface area contributed by atoms with E-state index in [0.717, 1.165) is 0 Å². The van der Waals surface area contributed by atoms with Crippen molar-refractivity contribution < 1.29 is 8.78 Å². The highest BCUT2D eigenvalue weighted by Crippen LogP contribution is 2.22. The smallest absolute Gasteiger partial charge is 0.124 e. The van der Waals surface area contributed by atoms with Crippen LogP contribution in [0.1, 0.15) is 5.56 Å². The first-order valence-corrected chi connectivity index (χ1v) is 5.59. The van der Waals surface area contributed by atoms with Gasteiger partial charge in [-0.15, -0.1) is 0 Å². The fraction of sp³-hybridized carbons (Fsp3) is 0. The van der Waals surface area contributed by atoms with Crippen LogP contribution in [0.2, 0.25) is 0 Å². The van der Waals surface area contributed by atoms with Crippen molar-refractivity contribution >= 4 is 28.6 Å². The third kappa shape index (κ3) is 2.81. The molecule has 3 N–H and O–H groups in total. The number of halogens is 2. The highest BCUT2D eigenvalue weighted by molar-refractivity contribution is 7.80. The van der Waals surface area contributed by atoms with Gasteiger partial charge in [-0.05, 0) is 42.5 Å². The zero-order valence-electron chi connectivity index (χ0n) is 9.28. The van der Waals surface area contributed by atoms with Crippen LogP contribution in [0.25, 0.3) is 0 Å². The van der Waals surface area contributed by atoms with E-state index in [1.807, 2.05) is 0 Å². The SMILES string of the molecule is NC(=S)c1cc(F)ccc1Nc1ccc(F)cc1. The molecule has 0 aliphatic rings. The van der Waals surface area contributed by atoms with E-state index in [2.05, 4.69) is 5.32 Å². The summed E-state index contributed by atoms with van der Waals surface area (Å²) in [6.45, 7) is 0. The van der Waals surface area contributed by atoms with Crippen molar-refractivity contribution in [2.45, 2.75) is 0 Å². The number of anilines is 2. The van der Waals surface area contributed by atoms with Crippen LogP contribution in [0.5, 0.6) is 0 Å². The molecule has 2 nitrogen and oxygen atoms in total. The fourth-order valence-corrected chi connectivity index (χ4v) is 1.69. The Morgan fingerprint density at radius 3 is 2.22 bits per heavy atom. The molecule has 0 aliphatic heterocycles. The first-order valence-electron chi connectivity index (χ1n) is 5.18. The molecule has 0 radical (unpaired) electrons. The van der Waals surface area contributed by atoms with Gasteiger partial charge in [-0.2, -0.15) is 0 Å². The summed E-state index contributed by atoms with van der Waals surface area (Å²) >= 11 is 4.86. The van der Waals surface area contributed by atoms with Gasteiger partial charge in [0.1, 0.15) is 16.6 Å². The van der Waals surface area contributed by atoms with E-state index in [0.29, 0.717) is 16.9 Å². The molecule has 0 spiro atoms. The average molecular weight is 264 g/mol. The number of nitrogens with two attached hydrogens (primary N) is 1. The lowest BCUT2D eigenvalue weighted by Gasteiger charge is -2.11. The molecule has 2 aromatic carbocycles. The minimum Gasteiger partial charge on any atom is -0.389 e. The lowest BCUT2D eigenvalue weighted by molar-refractivity contribution is 0.628. The molecule has 0 bridgehead atoms. The number of rotatable bonds is 3. The van der Waals surface area contributed by atoms with Crippen LogP contribution in [0.3, 0.4) is 0 Å². The first-order chi connectivity index (χ1) is 8.56. The van der Waals surface area contributed by atoms with Crippen molar-refractivity contribution in [1.82, 2.24) is 0 Å². The highest BCUT2D eigenvalue weighted by atomic mass is 32.1. The molecule has 0 amide bonds. The second kappa shape index (κ2) is 5.10. The van der Waals surface area contributed by atoms with Gasteiger partial charge in [0, 0.05) is 16.9 Å². The molecule has 0 fully saturated rings. The van der Waals surface area contributed by atoms with Crippen molar-refractivity contribution in [3.63, 3.8) is 0 Å². The third-order valence-electron chi connectivity index (χ3n) is 2.37. The lowest BCUT2D eigenvalue weighted by Crippen LogP contribution is -2.12. The lowest BCUT2D eigenvalue weighted by atomic mass is 10.1. The molecule has 0 saturated carbocycles. The van der Waals surface area contributed by atoms with Crippen LogP contribution in [-0.4, -0.2) is 4.99 Å². The predicted octanol–water partition coefficient (Wildman–Crippen LogP) is 3.34. The molecule has 2 aromatic rings. The number of thiocarbonyl (C=S) groups is 1. The zero-order chi connectivity index (χ0) is 13.1. The number of hydrogen-bond donors (Lipinski definition) is 2. The van der Waals surface area contributed by atoms with Crippen molar-refractivity contribution in [3.05, 3.63) is 59.7 Å². The van der Waals surface area contributed by atoms with E-state index in [1.54, 1.807) is 12.1 Å². The number of nitrogens with one attached hydrogen (secondary N) is 1. The summed E-state index contributed by atoms with van der Waals surface area (Å²) in [5.74, 6) is -0.739. The van der Waals surface area contributed by atoms with Gasteiger partial charge in [-0.25, -0.2) is 8.78 Å². The molecular formula is C13H10F2N2S. The molecule has 18 heavy (non-hydrogen) atoms. The van der Waals surface area contributed by atoms with E-state index in [4.69, 9.17) is 18.0 Å². The van der Waals surface area contributed by atoms with Crippen LogP contribution in [0, 0.1) is 11.6 Å². The molecule has 92 valence electrons. The molecule has 0 heterocycles. The summed E-state index contributed by atoms with van der Waals surface area (Å²) in [5.41, 5.74) is 7.18. The summed E-state index contributed by atoms with van der Waals surface area (Å²) in [7, 11) is 0. The normalized spacial score (nSPS) is 10.1. The number of benzene rings is 2. The topological polar surface area (TPSA) is 38.0 Å². The zero-order valence-corrected chi connectivity index (χ0v) is 10.1. The molecule has 0 unspecified atom stereocenters. The Hall–Kier alpha value is -2.01. The minimum absolute atomic E-state index is 0.0964. The quantitative estimate of drug-likeness (QED) is 0.835. The summed E-state index contributed by atoms with van der Waals surface area (Å²) in [4.78, 5) is 0.0964. The third-order valence-corrected chi connectivity index (χ3v) is 2.59. The summed E-state index contributed by atoms with van der Waals surface area (Å²) in [5, 5.41) is 3.01. The standard InChI is InChI=1S/C13H10F2N2S/c14-8-1-4-10(5-2-8)17-12-6-3-9(15)7-11(12)13(16)18/h1-7,17H,(H2,16,18). The second-order valence-electron chi connectivity index (χ2n) is 3.69. The highest BCUT2D eigenvalue weighted by Gasteiger charge is 2.07. The Labute approximate surface area is 108 Å². The van der Waals surface area contributed by atoms with Crippen LogP contribution in [0.15, 0.2) is 42.5 Å². The molecule has 2 rings (SSSR count). The van der Waals surface area contributed by atoms with E-state index in [9.17, 15) is 8.78 Å². The van der Waals surface area contributed by atoms with Crippen LogP contribution < -0.4 is 11.1 Å². The van der Waals surface area contributed by atoms with Crippen molar-refractivity contribution in [2.75, 3.05) is 5.32 Å². The van der Waals surface area contributed by atoms with E-state index in [-0.39, 0.29) is 10.8 Å². The van der Waals surface area contributed by atoms with Gasteiger partial charge in [-0.3, -0.25) is 0 Å². The van der Waals surface area contributed by atoms with Gasteiger partial charge in [-0.1, -0.05) is 12.2 Å². The molecular weight excluding hydrogens is 254 g/mol. The Bertz CT molecular complexity index is 582. The van der Waals surface area contributed by atoms with E-state index < -0.39 is 5.82 Å². The molecule has 0 aliphatic carbocycles. The summed E-state index contributed by atoms with van der Waals surface area (Å²) < 4.78 is 25.9. The second-order valence-corrected chi connectivity index (χ2v) is 4.13. The average Bonchev–Trinajstić information content (AvgIpc) is 2.34. The van der Waals surface area contributed by atoms with Crippen molar-refractivity contribution in [2.24, 2.45) is 5.73 Å². The minimum atomic E-state index is -0.414. The maximum absolute atomic E-state index is 13.1. The Balaban J connectivity index is 2.34. The van der Waals surface area contributed by atoms with Gasteiger partial charge < -0.3 is 11.1 Å². The Morgan fingerprint density at radius 2 is 1.61 bits per heavy atom. The van der Waals surface area contributed by atoms with E-state index in [1.165, 1.54) is 30.3 Å². The largest absolute Gasteiger partial charge is 0.389 e. The Kier molecular flexibility index (Phi) is 3.53. The van der Waals surface area contributed by atoms with Gasteiger partial charge in [0.25, 0.3) is 0 Å². The van der Waals surface area contributed by atoms with Crippen LogP contribution in [0.4, 0.5) is 20.2 Å². The number of hydrogen-bond acceptors (Lipinski definition) is 2. The predicted molar refractivity (Wildman–Crippen MR) is 72.0 cm³/mol. The molecule has 0 saturated heterocycles. The van der Waals surface area contributed by atoms with E-state index >= 15 is 0 Å². The van der Waals surface area contributed by atoms with Crippen LogP contribution in [-0.2, 0) is 0 Å². The van der Waals surface area contributed by atoms with Crippen LogP contribution >= 0.6 is 12.2 Å². The van der Waals surface area contributed by atoms with Gasteiger partial charge in [0.2, 0.25) is 0 Å². The fourth-order valence-electron chi connectivity index (χ4n) is 1.52.